The van der Waals surface area contributed by atoms with E-state index in [2.05, 4.69) is 21.2 Å². The summed E-state index contributed by atoms with van der Waals surface area (Å²) in [6, 6.07) is 18.2. The Labute approximate surface area is 180 Å². The Bertz CT molecular complexity index is 1120. The molecule has 3 aromatic carbocycles. The van der Waals surface area contributed by atoms with E-state index in [1.807, 2.05) is 6.07 Å². The smallest absolute Gasteiger partial charge is 0.266 e. The molecule has 3 aromatic rings. The Morgan fingerprint density at radius 2 is 1.67 bits per heavy atom. The Kier molecular flexibility index (Phi) is 6.94. The molecule has 0 aliphatic rings. The van der Waals surface area contributed by atoms with Crippen molar-refractivity contribution in [3.63, 3.8) is 0 Å². The first-order valence-corrected chi connectivity index (χ1v) is 9.59. The van der Waals surface area contributed by atoms with Crippen LogP contribution < -0.4 is 10.1 Å². The van der Waals surface area contributed by atoms with Gasteiger partial charge >= 0.3 is 0 Å². The van der Waals surface area contributed by atoms with Crippen LogP contribution in [0, 0.1) is 23.0 Å². The number of rotatable bonds is 6. The summed E-state index contributed by atoms with van der Waals surface area (Å²) in [6.45, 7) is 0.187. The third-order valence-electron chi connectivity index (χ3n) is 4.05. The lowest BCUT2D eigenvalue weighted by Crippen LogP contribution is -2.13. The van der Waals surface area contributed by atoms with Crippen molar-refractivity contribution in [2.24, 2.45) is 0 Å². The minimum absolute atomic E-state index is 0.149. The van der Waals surface area contributed by atoms with E-state index in [1.54, 1.807) is 30.3 Å². The van der Waals surface area contributed by atoms with Crippen molar-refractivity contribution in [3.8, 4) is 11.8 Å². The maximum Gasteiger partial charge on any atom is 0.266 e. The maximum atomic E-state index is 13.1. The second-order valence-corrected chi connectivity index (χ2v) is 7.14. The molecule has 1 amide bonds. The van der Waals surface area contributed by atoms with Crippen LogP contribution in [0.4, 0.5) is 14.5 Å². The topological polar surface area (TPSA) is 62.1 Å². The van der Waals surface area contributed by atoms with Crippen LogP contribution in [-0.4, -0.2) is 5.91 Å². The molecular formula is C23H15BrF2N2O2. The largest absolute Gasteiger partial charge is 0.488 e. The lowest BCUT2D eigenvalue weighted by atomic mass is 10.1. The minimum atomic E-state index is -0.631. The highest BCUT2D eigenvalue weighted by Crippen LogP contribution is 2.27. The van der Waals surface area contributed by atoms with Gasteiger partial charge in [0, 0.05) is 15.7 Å². The van der Waals surface area contributed by atoms with Gasteiger partial charge in [0.25, 0.3) is 5.91 Å². The number of nitrogens with zero attached hydrogens (tertiary/aromatic N) is 1. The first-order valence-electron chi connectivity index (χ1n) is 8.80. The van der Waals surface area contributed by atoms with Gasteiger partial charge in [0.05, 0.1) is 0 Å². The number of ether oxygens (including phenoxy) is 1. The molecule has 4 nitrogen and oxygen atoms in total. The standard InChI is InChI=1S/C23H15BrF2N2O2/c24-18-3-10-22(30-14-15-1-4-19(25)5-2-15)16(12-18)11-17(13-27)23(29)28-21-8-6-20(26)7-9-21/h1-12H,14H2,(H,28,29)/b17-11+. The quantitative estimate of drug-likeness (QED) is 0.364. The average molecular weight is 469 g/mol. The molecule has 0 bridgehead atoms. The van der Waals surface area contributed by atoms with Gasteiger partial charge in [-0.2, -0.15) is 5.26 Å². The molecule has 0 spiro atoms. The molecule has 0 radical (unpaired) electrons. The number of hydrogen-bond acceptors (Lipinski definition) is 3. The van der Waals surface area contributed by atoms with Gasteiger partial charge < -0.3 is 10.1 Å². The van der Waals surface area contributed by atoms with Crippen molar-refractivity contribution in [3.05, 3.63) is 99.5 Å². The highest BCUT2D eigenvalue weighted by molar-refractivity contribution is 9.10. The van der Waals surface area contributed by atoms with Crippen LogP contribution in [-0.2, 0) is 11.4 Å². The highest BCUT2D eigenvalue weighted by atomic mass is 79.9. The zero-order valence-corrected chi connectivity index (χ0v) is 17.1. The van der Waals surface area contributed by atoms with Crippen LogP contribution in [0.15, 0.2) is 76.8 Å². The SMILES string of the molecule is N#C/C(=C\c1cc(Br)ccc1OCc1ccc(F)cc1)C(=O)Nc1ccc(F)cc1. The number of carbonyl (C=O) groups excluding carboxylic acids is 1. The molecule has 3 rings (SSSR count). The van der Waals surface area contributed by atoms with Crippen LogP contribution in [0.5, 0.6) is 5.75 Å². The van der Waals surface area contributed by atoms with E-state index >= 15 is 0 Å². The lowest BCUT2D eigenvalue weighted by Gasteiger charge is -2.11. The van der Waals surface area contributed by atoms with Gasteiger partial charge in [-0.15, -0.1) is 0 Å². The first kappa shape index (κ1) is 21.2. The fourth-order valence-corrected chi connectivity index (χ4v) is 2.92. The zero-order valence-electron chi connectivity index (χ0n) is 15.5. The molecule has 0 atom stereocenters. The number of benzene rings is 3. The molecule has 0 saturated carbocycles. The van der Waals surface area contributed by atoms with Crippen LogP contribution in [0.1, 0.15) is 11.1 Å². The minimum Gasteiger partial charge on any atom is -0.488 e. The first-order chi connectivity index (χ1) is 14.4. The fourth-order valence-electron chi connectivity index (χ4n) is 2.54. The van der Waals surface area contributed by atoms with Gasteiger partial charge in [-0.1, -0.05) is 28.1 Å². The number of carbonyl (C=O) groups is 1. The Balaban J connectivity index is 1.81. The molecule has 0 aromatic heterocycles. The number of amides is 1. The molecule has 0 aliphatic heterocycles. The summed E-state index contributed by atoms with van der Waals surface area (Å²) in [4.78, 5) is 12.5. The molecule has 0 saturated heterocycles. The summed E-state index contributed by atoms with van der Waals surface area (Å²) in [6.07, 6.45) is 1.41. The summed E-state index contributed by atoms with van der Waals surface area (Å²) < 4.78 is 32.6. The predicted molar refractivity (Wildman–Crippen MR) is 113 cm³/mol. The number of halogens is 3. The maximum absolute atomic E-state index is 13.1. The molecule has 1 N–H and O–H groups in total. The van der Waals surface area contributed by atoms with Crippen LogP contribution in [0.3, 0.4) is 0 Å². The molecule has 7 heteroatoms. The molecule has 150 valence electrons. The fraction of sp³-hybridized carbons (Fsp3) is 0.0435. The summed E-state index contributed by atoms with van der Waals surface area (Å²) in [7, 11) is 0. The van der Waals surface area contributed by atoms with E-state index in [1.165, 1.54) is 42.5 Å². The van der Waals surface area contributed by atoms with Gasteiger partial charge in [0.15, 0.2) is 0 Å². The van der Waals surface area contributed by atoms with Crippen LogP contribution in [0.2, 0.25) is 0 Å². The lowest BCUT2D eigenvalue weighted by molar-refractivity contribution is -0.112. The number of anilines is 1. The second kappa shape index (κ2) is 9.81. The molecule has 30 heavy (non-hydrogen) atoms. The summed E-state index contributed by atoms with van der Waals surface area (Å²) in [5.41, 5.74) is 1.50. The van der Waals surface area contributed by atoms with Crippen LogP contribution in [0.25, 0.3) is 6.08 Å². The van der Waals surface area contributed by atoms with Crippen molar-refractivity contribution >= 4 is 33.6 Å². The van der Waals surface area contributed by atoms with E-state index in [0.29, 0.717) is 17.0 Å². The molecule has 0 fully saturated rings. The number of nitrogens with one attached hydrogen (secondary N) is 1. The Morgan fingerprint density at radius 1 is 1.03 bits per heavy atom. The van der Waals surface area contributed by atoms with E-state index in [9.17, 15) is 18.8 Å². The molecular weight excluding hydrogens is 454 g/mol. The molecule has 0 unspecified atom stereocenters. The zero-order chi connectivity index (χ0) is 21.5. The van der Waals surface area contributed by atoms with E-state index < -0.39 is 11.7 Å². The van der Waals surface area contributed by atoms with Crippen molar-refractivity contribution in [2.75, 3.05) is 5.32 Å². The number of nitriles is 1. The molecule has 0 aliphatic carbocycles. The average Bonchev–Trinajstić information content (AvgIpc) is 2.74. The third-order valence-corrected chi connectivity index (χ3v) is 4.54. The van der Waals surface area contributed by atoms with Crippen molar-refractivity contribution < 1.29 is 18.3 Å². The van der Waals surface area contributed by atoms with E-state index in [-0.39, 0.29) is 18.0 Å². The highest BCUT2D eigenvalue weighted by Gasteiger charge is 2.12. The monoisotopic (exact) mass is 468 g/mol. The second-order valence-electron chi connectivity index (χ2n) is 6.23. The van der Waals surface area contributed by atoms with E-state index in [4.69, 9.17) is 4.74 Å². The molecule has 0 heterocycles. The van der Waals surface area contributed by atoms with Crippen molar-refractivity contribution in [2.45, 2.75) is 6.61 Å². The van der Waals surface area contributed by atoms with Gasteiger partial charge in [0.1, 0.15) is 35.6 Å². The summed E-state index contributed by atoms with van der Waals surface area (Å²) in [5, 5.41) is 12.0. The van der Waals surface area contributed by atoms with Gasteiger partial charge in [-0.3, -0.25) is 4.79 Å². The van der Waals surface area contributed by atoms with Gasteiger partial charge in [-0.25, -0.2) is 8.78 Å². The van der Waals surface area contributed by atoms with Gasteiger partial charge in [0.2, 0.25) is 0 Å². The van der Waals surface area contributed by atoms with Crippen molar-refractivity contribution in [1.29, 1.82) is 5.26 Å². The number of hydrogen-bond donors (Lipinski definition) is 1. The Hall–Kier alpha value is -3.50. The van der Waals surface area contributed by atoms with Gasteiger partial charge in [-0.05, 0) is 66.2 Å². The van der Waals surface area contributed by atoms with Crippen LogP contribution >= 0.6 is 15.9 Å². The Morgan fingerprint density at radius 3 is 2.30 bits per heavy atom. The van der Waals surface area contributed by atoms with E-state index in [0.717, 1.165) is 10.0 Å². The van der Waals surface area contributed by atoms with Crippen molar-refractivity contribution in [1.82, 2.24) is 0 Å². The summed E-state index contributed by atoms with van der Waals surface area (Å²) >= 11 is 3.36. The third kappa shape index (κ3) is 5.75. The normalized spacial score (nSPS) is 10.9. The summed E-state index contributed by atoms with van der Waals surface area (Å²) in [5.74, 6) is -0.948. The predicted octanol–water partition coefficient (Wildman–Crippen LogP) is 5.85.